The van der Waals surface area contributed by atoms with Crippen LogP contribution >= 0.6 is 0 Å². The van der Waals surface area contributed by atoms with Gasteiger partial charge in [-0.3, -0.25) is 0 Å². The minimum atomic E-state index is -0.145. The van der Waals surface area contributed by atoms with Crippen LogP contribution in [-0.2, 0) is 0 Å². The Hall–Kier alpha value is -1.91. The Balaban J connectivity index is 3.06. The lowest BCUT2D eigenvalue weighted by atomic mass is 9.91. The van der Waals surface area contributed by atoms with E-state index in [2.05, 4.69) is 17.6 Å². The van der Waals surface area contributed by atoms with Gasteiger partial charge in [-0.15, -0.1) is 0 Å². The second-order valence-electron chi connectivity index (χ2n) is 5.31. The fraction of sp³-hybridized carbons (Fsp3) is 0.588. The molecule has 124 valence electrons. The van der Waals surface area contributed by atoms with Gasteiger partial charge in [-0.25, -0.2) is 4.79 Å². The first kappa shape index (κ1) is 18.1. The lowest BCUT2D eigenvalue weighted by molar-refractivity contribution is 0.240. The van der Waals surface area contributed by atoms with Gasteiger partial charge in [0.25, 0.3) is 0 Å². The summed E-state index contributed by atoms with van der Waals surface area (Å²) in [6.45, 7) is 7.20. The highest BCUT2D eigenvalue weighted by molar-refractivity contribution is 5.73. The summed E-state index contributed by atoms with van der Waals surface area (Å²) in [4.78, 5) is 11.7. The van der Waals surface area contributed by atoms with E-state index in [4.69, 9.17) is 9.47 Å². The molecule has 5 heteroatoms. The Bertz CT molecular complexity index is 464. The third kappa shape index (κ3) is 4.83. The van der Waals surface area contributed by atoms with Crippen molar-refractivity contribution in [3.05, 3.63) is 23.3 Å². The maximum absolute atomic E-state index is 11.7. The van der Waals surface area contributed by atoms with E-state index in [9.17, 15) is 4.79 Å². The summed E-state index contributed by atoms with van der Waals surface area (Å²) in [7, 11) is 3.33. The molecular weight excluding hydrogens is 280 g/mol. The van der Waals surface area contributed by atoms with E-state index < -0.39 is 0 Å². The summed E-state index contributed by atoms with van der Waals surface area (Å²) in [5.74, 6) is 1.78. The minimum Gasteiger partial charge on any atom is -0.496 e. The number of amides is 2. The van der Waals surface area contributed by atoms with Gasteiger partial charge in [-0.1, -0.05) is 13.3 Å². The molecule has 1 atom stereocenters. The smallest absolute Gasteiger partial charge is 0.314 e. The number of ether oxygens (including phenoxy) is 2. The fourth-order valence-corrected chi connectivity index (χ4v) is 2.61. The lowest BCUT2D eigenvalue weighted by Crippen LogP contribution is -2.37. The molecule has 1 rings (SSSR count). The van der Waals surface area contributed by atoms with Crippen molar-refractivity contribution in [2.45, 2.75) is 39.5 Å². The van der Waals surface area contributed by atoms with Crippen molar-refractivity contribution < 1.29 is 14.3 Å². The Morgan fingerprint density at radius 2 is 1.73 bits per heavy atom. The number of hydrogen-bond donors (Lipinski definition) is 2. The number of carbonyl (C=O) groups is 1. The highest BCUT2D eigenvalue weighted by Gasteiger charge is 2.21. The van der Waals surface area contributed by atoms with E-state index in [1.165, 1.54) is 0 Å². The molecule has 0 saturated carbocycles. The highest BCUT2D eigenvalue weighted by atomic mass is 16.5. The van der Waals surface area contributed by atoms with E-state index in [0.717, 1.165) is 35.5 Å². The van der Waals surface area contributed by atoms with Crippen molar-refractivity contribution in [1.29, 1.82) is 0 Å². The zero-order valence-corrected chi connectivity index (χ0v) is 14.3. The molecule has 0 bridgehead atoms. The summed E-state index contributed by atoms with van der Waals surface area (Å²) in [5.41, 5.74) is 2.11. The minimum absolute atomic E-state index is 0.145. The molecule has 0 aliphatic carbocycles. The first-order chi connectivity index (χ1) is 10.6. The van der Waals surface area contributed by atoms with Crippen LogP contribution in [0.5, 0.6) is 11.5 Å². The third-order valence-corrected chi connectivity index (χ3v) is 3.58. The number of urea groups is 1. The van der Waals surface area contributed by atoms with Crippen LogP contribution in [0.4, 0.5) is 4.79 Å². The average molecular weight is 308 g/mol. The second-order valence-corrected chi connectivity index (χ2v) is 5.31. The van der Waals surface area contributed by atoms with E-state index in [1.54, 1.807) is 14.2 Å². The first-order valence-corrected chi connectivity index (χ1v) is 7.81. The van der Waals surface area contributed by atoms with Crippen LogP contribution in [0.2, 0.25) is 0 Å². The predicted molar refractivity (Wildman–Crippen MR) is 89.0 cm³/mol. The molecule has 5 nitrogen and oxygen atoms in total. The molecule has 2 N–H and O–H groups in total. The van der Waals surface area contributed by atoms with Crippen LogP contribution in [0.1, 0.15) is 43.7 Å². The Kier molecular flexibility index (Phi) is 7.57. The van der Waals surface area contributed by atoms with Crippen LogP contribution < -0.4 is 20.1 Å². The van der Waals surface area contributed by atoms with Crippen LogP contribution in [0.15, 0.2) is 12.1 Å². The maximum Gasteiger partial charge on any atom is 0.314 e. The molecule has 0 fully saturated rings. The van der Waals surface area contributed by atoms with E-state index in [0.29, 0.717) is 13.1 Å². The molecule has 22 heavy (non-hydrogen) atoms. The van der Waals surface area contributed by atoms with Crippen LogP contribution in [-0.4, -0.2) is 33.3 Å². The molecule has 2 amide bonds. The maximum atomic E-state index is 11.7. The van der Waals surface area contributed by atoms with Crippen molar-refractivity contribution in [2.75, 3.05) is 27.3 Å². The quantitative estimate of drug-likeness (QED) is 0.775. The van der Waals surface area contributed by atoms with E-state index >= 15 is 0 Å². The van der Waals surface area contributed by atoms with Crippen LogP contribution in [0, 0.1) is 6.92 Å². The standard InChI is InChI=1S/C17H28N2O3/c1-6-8-13(11-19-17(20)18-7-2)16-14(21-4)9-12(3)10-15(16)22-5/h9-10,13H,6-8,11H2,1-5H3,(H2,18,19,20)/t13-/m0/s1. The van der Waals surface area contributed by atoms with Gasteiger partial charge < -0.3 is 20.1 Å². The van der Waals surface area contributed by atoms with E-state index in [1.807, 2.05) is 26.0 Å². The second kappa shape index (κ2) is 9.18. The van der Waals surface area contributed by atoms with Gasteiger partial charge in [0.05, 0.1) is 14.2 Å². The van der Waals surface area contributed by atoms with Crippen LogP contribution in [0.25, 0.3) is 0 Å². The molecule has 0 spiro atoms. The highest BCUT2D eigenvalue weighted by Crippen LogP contribution is 2.38. The van der Waals surface area contributed by atoms with Gasteiger partial charge in [-0.2, -0.15) is 0 Å². The number of carbonyl (C=O) groups excluding carboxylic acids is 1. The number of nitrogens with one attached hydrogen (secondary N) is 2. The zero-order chi connectivity index (χ0) is 16.5. The molecule has 0 unspecified atom stereocenters. The molecule has 0 radical (unpaired) electrons. The van der Waals surface area contributed by atoms with Gasteiger partial charge >= 0.3 is 6.03 Å². The molecule has 1 aromatic rings. The molecule has 0 aliphatic heterocycles. The summed E-state index contributed by atoms with van der Waals surface area (Å²) in [5, 5.41) is 5.67. The van der Waals surface area contributed by atoms with Gasteiger partial charge in [0.1, 0.15) is 11.5 Å². The molecule has 0 saturated heterocycles. The first-order valence-electron chi connectivity index (χ1n) is 7.81. The SMILES string of the molecule is CCC[C@@H](CNC(=O)NCC)c1c(OC)cc(C)cc1OC. The normalized spacial score (nSPS) is 11.7. The van der Waals surface area contributed by atoms with Crippen molar-refractivity contribution in [3.63, 3.8) is 0 Å². The van der Waals surface area contributed by atoms with E-state index in [-0.39, 0.29) is 11.9 Å². The van der Waals surface area contributed by atoms with Crippen molar-refractivity contribution in [3.8, 4) is 11.5 Å². The fourth-order valence-electron chi connectivity index (χ4n) is 2.61. The largest absolute Gasteiger partial charge is 0.496 e. The van der Waals surface area contributed by atoms with Gasteiger partial charge in [0, 0.05) is 24.6 Å². The molecular formula is C17H28N2O3. The topological polar surface area (TPSA) is 59.6 Å². The summed E-state index contributed by atoms with van der Waals surface area (Å²) in [6.07, 6.45) is 1.96. The molecule has 0 aromatic heterocycles. The Morgan fingerprint density at radius 3 is 2.18 bits per heavy atom. The van der Waals surface area contributed by atoms with Gasteiger partial charge in [0.2, 0.25) is 0 Å². The van der Waals surface area contributed by atoms with Gasteiger partial charge in [-0.05, 0) is 38.0 Å². The monoisotopic (exact) mass is 308 g/mol. The van der Waals surface area contributed by atoms with Gasteiger partial charge in [0.15, 0.2) is 0 Å². The zero-order valence-electron chi connectivity index (χ0n) is 14.3. The summed E-state index contributed by atoms with van der Waals surface area (Å²) in [6, 6.07) is 3.87. The average Bonchev–Trinajstić information content (AvgIpc) is 2.51. The van der Waals surface area contributed by atoms with Crippen molar-refractivity contribution in [2.24, 2.45) is 0 Å². The summed E-state index contributed by atoms with van der Waals surface area (Å²) >= 11 is 0. The Morgan fingerprint density at radius 1 is 1.14 bits per heavy atom. The van der Waals surface area contributed by atoms with Crippen molar-refractivity contribution >= 4 is 6.03 Å². The van der Waals surface area contributed by atoms with Crippen molar-refractivity contribution in [1.82, 2.24) is 10.6 Å². The molecule has 0 aliphatic rings. The number of benzene rings is 1. The molecule has 0 heterocycles. The predicted octanol–water partition coefficient (Wildman–Crippen LogP) is 3.22. The number of methoxy groups -OCH3 is 2. The number of aryl methyl sites for hydroxylation is 1. The summed E-state index contributed by atoms with van der Waals surface area (Å²) < 4.78 is 11.1. The number of hydrogen-bond acceptors (Lipinski definition) is 3. The lowest BCUT2D eigenvalue weighted by Gasteiger charge is -2.23. The molecule has 1 aromatic carbocycles. The number of rotatable bonds is 8. The van der Waals surface area contributed by atoms with Crippen LogP contribution in [0.3, 0.4) is 0 Å². The third-order valence-electron chi connectivity index (χ3n) is 3.58. The Labute approximate surface area is 133 Å².